The molecule has 0 aromatic carbocycles. The Bertz CT molecular complexity index is 473. The highest BCUT2D eigenvalue weighted by Crippen LogP contribution is 2.26. The van der Waals surface area contributed by atoms with Gasteiger partial charge < -0.3 is 4.90 Å². The zero-order chi connectivity index (χ0) is 12.3. The molecule has 0 spiro atoms. The highest BCUT2D eigenvalue weighted by Gasteiger charge is 2.13. The first-order valence-corrected chi connectivity index (χ1v) is 7.29. The molecule has 4 heteroatoms. The van der Waals surface area contributed by atoms with Crippen LogP contribution in [-0.4, -0.2) is 12.3 Å². The van der Waals surface area contributed by atoms with Gasteiger partial charge in [-0.05, 0) is 31.4 Å². The Balaban J connectivity index is 2.19. The number of carbonyl (C=O) groups is 1. The molecule has 2 aromatic rings. The van der Waals surface area contributed by atoms with Gasteiger partial charge in [0, 0.05) is 22.0 Å². The van der Waals surface area contributed by atoms with Crippen molar-refractivity contribution in [2.45, 2.75) is 26.4 Å². The number of aldehydes is 1. The van der Waals surface area contributed by atoms with Crippen molar-refractivity contribution in [3.05, 3.63) is 38.7 Å². The van der Waals surface area contributed by atoms with Gasteiger partial charge in [-0.2, -0.15) is 0 Å². The summed E-state index contributed by atoms with van der Waals surface area (Å²) < 4.78 is 0. The Labute approximate surface area is 110 Å². The number of carbonyl (C=O) groups excluding carboxylic acids is 1. The molecule has 0 unspecified atom stereocenters. The number of nitrogens with zero attached hydrogens (tertiary/aromatic N) is 1. The van der Waals surface area contributed by atoms with Gasteiger partial charge in [0.05, 0.1) is 11.4 Å². The van der Waals surface area contributed by atoms with E-state index >= 15 is 0 Å². The van der Waals surface area contributed by atoms with Gasteiger partial charge in [-0.15, -0.1) is 22.7 Å². The molecule has 0 aliphatic rings. The molecule has 2 rings (SSSR count). The second-order valence-corrected chi connectivity index (χ2v) is 6.10. The summed E-state index contributed by atoms with van der Waals surface area (Å²) >= 11 is 3.27. The third-order valence-electron chi connectivity index (χ3n) is 2.58. The van der Waals surface area contributed by atoms with E-state index < -0.39 is 0 Å². The minimum Gasteiger partial charge on any atom is -0.363 e. The van der Waals surface area contributed by atoms with Crippen molar-refractivity contribution in [2.24, 2.45) is 0 Å². The summed E-state index contributed by atoms with van der Waals surface area (Å²) in [5, 5.41) is 4.15. The van der Waals surface area contributed by atoms with E-state index in [1.807, 2.05) is 6.07 Å². The van der Waals surface area contributed by atoms with Crippen molar-refractivity contribution in [3.8, 4) is 0 Å². The van der Waals surface area contributed by atoms with Crippen LogP contribution >= 0.6 is 22.7 Å². The summed E-state index contributed by atoms with van der Waals surface area (Å²) in [7, 11) is 0. The molecular weight excluding hydrogens is 250 g/mol. The molecular formula is C13H15NOS2. The molecule has 0 aliphatic heterocycles. The van der Waals surface area contributed by atoms with Crippen molar-refractivity contribution < 1.29 is 4.79 Å². The van der Waals surface area contributed by atoms with Crippen LogP contribution in [0.1, 0.15) is 28.4 Å². The van der Waals surface area contributed by atoms with Crippen LogP contribution in [0.2, 0.25) is 0 Å². The van der Waals surface area contributed by atoms with Crippen LogP contribution in [0.15, 0.2) is 29.0 Å². The van der Waals surface area contributed by atoms with Crippen LogP contribution in [0.25, 0.3) is 0 Å². The number of thiophene rings is 2. The number of hydrogen-bond donors (Lipinski definition) is 0. The van der Waals surface area contributed by atoms with Gasteiger partial charge in [0.2, 0.25) is 0 Å². The van der Waals surface area contributed by atoms with Gasteiger partial charge in [-0.3, -0.25) is 4.79 Å². The minimum absolute atomic E-state index is 0.422. The summed E-state index contributed by atoms with van der Waals surface area (Å²) in [5.74, 6) is 0. The average Bonchev–Trinajstić information content (AvgIpc) is 2.96. The van der Waals surface area contributed by atoms with E-state index in [9.17, 15) is 4.79 Å². The van der Waals surface area contributed by atoms with Gasteiger partial charge in [0.25, 0.3) is 0 Å². The first kappa shape index (κ1) is 12.3. The Morgan fingerprint density at radius 3 is 2.76 bits per heavy atom. The molecule has 2 aromatic heterocycles. The fourth-order valence-corrected chi connectivity index (χ4v) is 3.10. The molecule has 0 N–H and O–H groups in total. The summed E-state index contributed by atoms with van der Waals surface area (Å²) in [6.45, 7) is 5.25. The maximum atomic E-state index is 10.7. The van der Waals surface area contributed by atoms with Gasteiger partial charge in [0.1, 0.15) is 0 Å². The van der Waals surface area contributed by atoms with Crippen LogP contribution in [0, 0.1) is 0 Å². The molecule has 0 bridgehead atoms. The van der Waals surface area contributed by atoms with E-state index in [0.29, 0.717) is 6.04 Å². The van der Waals surface area contributed by atoms with E-state index in [4.69, 9.17) is 0 Å². The van der Waals surface area contributed by atoms with Gasteiger partial charge in [-0.25, -0.2) is 0 Å². The predicted octanol–water partition coefficient (Wildman–Crippen LogP) is 4.04. The highest BCUT2D eigenvalue weighted by molar-refractivity contribution is 7.12. The first-order valence-electron chi connectivity index (χ1n) is 5.53. The van der Waals surface area contributed by atoms with Crippen LogP contribution < -0.4 is 4.90 Å². The number of anilines is 1. The molecule has 0 aliphatic carbocycles. The standard InChI is InChI=1S/C13H15NOS2/c1-10(2)14(7-12-4-3-5-16-12)11-6-13(8-15)17-9-11/h3-6,8-10H,7H2,1-2H3. The molecule has 0 saturated heterocycles. The van der Waals surface area contributed by atoms with Crippen LogP contribution in [0.3, 0.4) is 0 Å². The lowest BCUT2D eigenvalue weighted by Crippen LogP contribution is -2.29. The highest BCUT2D eigenvalue weighted by atomic mass is 32.1. The van der Waals surface area contributed by atoms with Crippen LogP contribution in [0.4, 0.5) is 5.69 Å². The van der Waals surface area contributed by atoms with Crippen molar-refractivity contribution in [3.63, 3.8) is 0 Å². The normalized spacial score (nSPS) is 10.8. The van der Waals surface area contributed by atoms with E-state index in [1.54, 1.807) is 11.3 Å². The maximum absolute atomic E-state index is 10.7. The van der Waals surface area contributed by atoms with E-state index in [1.165, 1.54) is 16.2 Å². The fraction of sp³-hybridized carbons (Fsp3) is 0.308. The Morgan fingerprint density at radius 1 is 1.41 bits per heavy atom. The van der Waals surface area contributed by atoms with Crippen molar-refractivity contribution in [1.29, 1.82) is 0 Å². The summed E-state index contributed by atoms with van der Waals surface area (Å²) in [6, 6.07) is 6.60. The summed E-state index contributed by atoms with van der Waals surface area (Å²) in [5.41, 5.74) is 1.14. The largest absolute Gasteiger partial charge is 0.363 e. The molecule has 0 radical (unpaired) electrons. The molecule has 0 saturated carbocycles. The van der Waals surface area contributed by atoms with Gasteiger partial charge >= 0.3 is 0 Å². The Kier molecular flexibility index (Phi) is 3.97. The quantitative estimate of drug-likeness (QED) is 0.761. The van der Waals surface area contributed by atoms with Gasteiger partial charge in [-0.1, -0.05) is 6.07 Å². The smallest absolute Gasteiger partial charge is 0.160 e. The zero-order valence-electron chi connectivity index (χ0n) is 9.92. The molecule has 0 amide bonds. The second kappa shape index (κ2) is 5.47. The molecule has 17 heavy (non-hydrogen) atoms. The Morgan fingerprint density at radius 2 is 2.24 bits per heavy atom. The minimum atomic E-state index is 0.422. The van der Waals surface area contributed by atoms with E-state index in [2.05, 4.69) is 41.6 Å². The molecule has 90 valence electrons. The molecule has 0 atom stereocenters. The fourth-order valence-electron chi connectivity index (χ4n) is 1.70. The van der Waals surface area contributed by atoms with E-state index in [-0.39, 0.29) is 0 Å². The number of hydrogen-bond acceptors (Lipinski definition) is 4. The molecule has 2 nitrogen and oxygen atoms in total. The van der Waals surface area contributed by atoms with Crippen molar-refractivity contribution in [2.75, 3.05) is 4.90 Å². The lowest BCUT2D eigenvalue weighted by Gasteiger charge is -2.27. The average molecular weight is 265 g/mol. The molecule has 0 fully saturated rings. The van der Waals surface area contributed by atoms with Crippen molar-refractivity contribution in [1.82, 2.24) is 0 Å². The van der Waals surface area contributed by atoms with Crippen molar-refractivity contribution >= 4 is 34.6 Å². The summed E-state index contributed by atoms with van der Waals surface area (Å²) in [6.07, 6.45) is 0.914. The Hall–Kier alpha value is -1.13. The van der Waals surface area contributed by atoms with E-state index in [0.717, 1.165) is 23.4 Å². The summed E-state index contributed by atoms with van der Waals surface area (Å²) in [4.78, 5) is 15.2. The first-order chi connectivity index (χ1) is 8.20. The zero-order valence-corrected chi connectivity index (χ0v) is 11.6. The van der Waals surface area contributed by atoms with Crippen LogP contribution in [-0.2, 0) is 6.54 Å². The number of rotatable bonds is 5. The third-order valence-corrected chi connectivity index (χ3v) is 4.29. The maximum Gasteiger partial charge on any atom is 0.160 e. The van der Waals surface area contributed by atoms with Gasteiger partial charge in [0.15, 0.2) is 6.29 Å². The lowest BCUT2D eigenvalue weighted by atomic mass is 10.2. The SMILES string of the molecule is CC(C)N(Cc1cccs1)c1csc(C=O)c1. The second-order valence-electron chi connectivity index (χ2n) is 4.13. The van der Waals surface area contributed by atoms with Crippen LogP contribution in [0.5, 0.6) is 0 Å². The lowest BCUT2D eigenvalue weighted by molar-refractivity contribution is 0.112. The monoisotopic (exact) mass is 265 g/mol. The molecule has 2 heterocycles. The third kappa shape index (κ3) is 2.96. The predicted molar refractivity (Wildman–Crippen MR) is 75.3 cm³/mol. The topological polar surface area (TPSA) is 20.3 Å².